The van der Waals surface area contributed by atoms with Crippen LogP contribution in [0.2, 0.25) is 0 Å². The van der Waals surface area contributed by atoms with E-state index in [0.29, 0.717) is 5.59 Å². The second kappa shape index (κ2) is 4.29. The fraction of sp³-hybridized carbons (Fsp3) is 0.583. The van der Waals surface area contributed by atoms with Crippen LogP contribution in [-0.4, -0.2) is 38.0 Å². The van der Waals surface area contributed by atoms with Gasteiger partial charge in [0.1, 0.15) is 0 Å². The van der Waals surface area contributed by atoms with Gasteiger partial charge in [-0.15, -0.1) is 0 Å². The van der Waals surface area contributed by atoms with Crippen LogP contribution in [0.25, 0.3) is 0 Å². The fourth-order valence-electron chi connectivity index (χ4n) is 1.75. The Hall–Kier alpha value is -0.915. The van der Waals surface area contributed by atoms with E-state index in [1.165, 1.54) is 18.3 Å². The van der Waals surface area contributed by atoms with Gasteiger partial charge in [0.2, 0.25) is 0 Å². The van der Waals surface area contributed by atoms with E-state index in [4.69, 9.17) is 9.31 Å². The Balaban J connectivity index is 2.36. The Labute approximate surface area is 114 Å². The third-order valence-electron chi connectivity index (χ3n) is 3.68. The molecule has 1 saturated heterocycles. The van der Waals surface area contributed by atoms with E-state index in [1.54, 1.807) is 0 Å². The van der Waals surface area contributed by atoms with Crippen LogP contribution in [0.3, 0.4) is 0 Å². The van der Waals surface area contributed by atoms with Crippen LogP contribution < -0.4 is 5.59 Å². The highest BCUT2D eigenvalue weighted by molar-refractivity contribution is 7.90. The zero-order valence-corrected chi connectivity index (χ0v) is 12.6. The van der Waals surface area contributed by atoms with Crippen molar-refractivity contribution in [3.8, 4) is 0 Å². The summed E-state index contributed by atoms with van der Waals surface area (Å²) in [5, 5.41) is 0. The van der Waals surface area contributed by atoms with Crippen molar-refractivity contribution in [2.45, 2.75) is 43.8 Å². The molecule has 104 valence electrons. The molecule has 5 nitrogen and oxygen atoms in total. The Kier molecular flexibility index (Phi) is 3.28. The smallest absolute Gasteiger partial charge is 0.398 e. The lowest BCUT2D eigenvalue weighted by Crippen LogP contribution is -2.41. The van der Waals surface area contributed by atoms with Crippen molar-refractivity contribution in [1.82, 2.24) is 4.98 Å². The molecule has 1 aromatic heterocycles. The molecule has 0 radical (unpaired) electrons. The molecule has 0 N–H and O–H groups in total. The fourth-order valence-corrected chi connectivity index (χ4v) is 2.39. The van der Waals surface area contributed by atoms with E-state index >= 15 is 0 Å². The third kappa shape index (κ3) is 2.68. The summed E-state index contributed by atoms with van der Waals surface area (Å²) in [5.74, 6) is 0. The number of aromatic nitrogens is 1. The Morgan fingerprint density at radius 2 is 1.68 bits per heavy atom. The summed E-state index contributed by atoms with van der Waals surface area (Å²) in [6.45, 7) is 7.75. The van der Waals surface area contributed by atoms with Gasteiger partial charge < -0.3 is 9.31 Å². The van der Waals surface area contributed by atoms with Crippen LogP contribution in [0, 0.1) is 0 Å². The van der Waals surface area contributed by atoms with E-state index < -0.39 is 28.2 Å². The Morgan fingerprint density at radius 3 is 2.16 bits per heavy atom. The largest absolute Gasteiger partial charge is 0.514 e. The summed E-state index contributed by atoms with van der Waals surface area (Å²) in [6, 6.07) is 2.96. The molecular weight excluding hydrogens is 265 g/mol. The maximum Gasteiger partial charge on any atom is 0.514 e. The molecule has 0 unspecified atom stereocenters. The predicted molar refractivity (Wildman–Crippen MR) is 73.1 cm³/mol. The van der Waals surface area contributed by atoms with Crippen molar-refractivity contribution in [2.75, 3.05) is 6.26 Å². The normalized spacial score (nSPS) is 21.6. The maximum absolute atomic E-state index is 11.5. The second-order valence-electron chi connectivity index (χ2n) is 5.78. The van der Waals surface area contributed by atoms with Gasteiger partial charge in [0, 0.05) is 12.5 Å². The average molecular weight is 283 g/mol. The molecule has 0 aromatic carbocycles. The minimum absolute atomic E-state index is 0.215. The van der Waals surface area contributed by atoms with Crippen molar-refractivity contribution in [3.05, 3.63) is 18.3 Å². The summed E-state index contributed by atoms with van der Waals surface area (Å²) >= 11 is 0. The first-order valence-corrected chi connectivity index (χ1v) is 7.94. The molecule has 0 saturated carbocycles. The number of hydrogen-bond acceptors (Lipinski definition) is 5. The minimum atomic E-state index is -3.26. The average Bonchev–Trinajstić information content (AvgIpc) is 2.47. The zero-order valence-electron chi connectivity index (χ0n) is 11.8. The van der Waals surface area contributed by atoms with Crippen molar-refractivity contribution in [1.29, 1.82) is 0 Å². The second-order valence-corrected chi connectivity index (χ2v) is 7.79. The van der Waals surface area contributed by atoms with Crippen molar-refractivity contribution in [3.63, 3.8) is 0 Å². The van der Waals surface area contributed by atoms with Crippen LogP contribution in [0.1, 0.15) is 27.7 Å². The van der Waals surface area contributed by atoms with Crippen LogP contribution in [0.4, 0.5) is 0 Å². The number of pyridine rings is 1. The lowest BCUT2D eigenvalue weighted by molar-refractivity contribution is 0.00578. The minimum Gasteiger partial charge on any atom is -0.398 e. The van der Waals surface area contributed by atoms with E-state index in [0.717, 1.165) is 6.26 Å². The molecule has 1 aromatic rings. The van der Waals surface area contributed by atoms with Gasteiger partial charge in [0.15, 0.2) is 9.84 Å². The van der Waals surface area contributed by atoms with E-state index in [1.807, 2.05) is 27.7 Å². The lowest BCUT2D eigenvalue weighted by atomic mass is 9.84. The molecule has 7 heteroatoms. The molecule has 0 aliphatic carbocycles. The monoisotopic (exact) mass is 283 g/mol. The standard InChI is InChI=1S/C12H18BNO4S/c1-11(2)12(3,4)18-13(17-11)10-8-9(6-7-14-10)19(5,15)16/h6-8H,1-5H3. The molecule has 19 heavy (non-hydrogen) atoms. The molecule has 0 atom stereocenters. The number of hydrogen-bond donors (Lipinski definition) is 0. The first kappa shape index (κ1) is 14.5. The van der Waals surface area contributed by atoms with Gasteiger partial charge in [-0.05, 0) is 39.8 Å². The van der Waals surface area contributed by atoms with Crippen LogP contribution in [0.5, 0.6) is 0 Å². The molecular formula is C12H18BNO4S. The Bertz CT molecular complexity index is 582. The number of rotatable bonds is 2. The molecule has 0 amide bonds. The van der Waals surface area contributed by atoms with Crippen molar-refractivity contribution < 1.29 is 17.7 Å². The quantitative estimate of drug-likeness (QED) is 0.751. The molecule has 1 fully saturated rings. The molecule has 2 rings (SSSR count). The first-order chi connectivity index (χ1) is 8.53. The molecule has 0 bridgehead atoms. The highest BCUT2D eigenvalue weighted by atomic mass is 32.2. The molecule has 2 heterocycles. The van der Waals surface area contributed by atoms with Gasteiger partial charge in [-0.1, -0.05) is 0 Å². The lowest BCUT2D eigenvalue weighted by Gasteiger charge is -2.32. The summed E-state index contributed by atoms with van der Waals surface area (Å²) in [7, 11) is -3.91. The zero-order chi connectivity index (χ0) is 14.5. The van der Waals surface area contributed by atoms with E-state index in [9.17, 15) is 8.42 Å². The summed E-state index contributed by atoms with van der Waals surface area (Å²) < 4.78 is 34.8. The summed E-state index contributed by atoms with van der Waals surface area (Å²) in [5.41, 5.74) is -0.470. The molecule has 0 spiro atoms. The topological polar surface area (TPSA) is 65.5 Å². The Morgan fingerprint density at radius 1 is 1.16 bits per heavy atom. The van der Waals surface area contributed by atoms with Gasteiger partial charge >= 0.3 is 7.12 Å². The number of nitrogens with zero attached hydrogens (tertiary/aromatic N) is 1. The van der Waals surface area contributed by atoms with Crippen molar-refractivity contribution in [2.24, 2.45) is 0 Å². The van der Waals surface area contributed by atoms with Gasteiger partial charge in [-0.2, -0.15) is 0 Å². The highest BCUT2D eigenvalue weighted by Crippen LogP contribution is 2.36. The number of sulfone groups is 1. The van der Waals surface area contributed by atoms with Gasteiger partial charge in [-0.3, -0.25) is 4.98 Å². The van der Waals surface area contributed by atoms with E-state index in [2.05, 4.69) is 4.98 Å². The molecule has 1 aliphatic heterocycles. The van der Waals surface area contributed by atoms with Crippen LogP contribution in [0.15, 0.2) is 23.2 Å². The summed E-state index contributed by atoms with van der Waals surface area (Å²) in [4.78, 5) is 4.37. The van der Waals surface area contributed by atoms with Crippen LogP contribution >= 0.6 is 0 Å². The van der Waals surface area contributed by atoms with Crippen molar-refractivity contribution >= 4 is 22.5 Å². The van der Waals surface area contributed by atoms with Crippen LogP contribution in [-0.2, 0) is 19.1 Å². The predicted octanol–water partition coefficient (Wildman–Crippen LogP) is 0.784. The van der Waals surface area contributed by atoms with Gasteiger partial charge in [0.25, 0.3) is 0 Å². The maximum atomic E-state index is 11.5. The van der Waals surface area contributed by atoms with E-state index in [-0.39, 0.29) is 4.90 Å². The summed E-state index contributed by atoms with van der Waals surface area (Å²) in [6.07, 6.45) is 2.62. The van der Waals surface area contributed by atoms with Gasteiger partial charge in [0.05, 0.1) is 21.7 Å². The van der Waals surface area contributed by atoms with Gasteiger partial charge in [-0.25, -0.2) is 8.42 Å². The highest BCUT2D eigenvalue weighted by Gasteiger charge is 2.52. The third-order valence-corrected chi connectivity index (χ3v) is 4.79. The first-order valence-electron chi connectivity index (χ1n) is 6.05. The SMILES string of the molecule is CC1(C)OB(c2cc(S(C)(=O)=O)ccn2)OC1(C)C. The molecule has 1 aliphatic rings.